The minimum atomic E-state index is -0.118. The quantitative estimate of drug-likeness (QED) is 0.211. The van der Waals surface area contributed by atoms with Crippen LogP contribution < -0.4 is 15.8 Å². The maximum atomic E-state index is 12.7. The lowest BCUT2D eigenvalue weighted by Crippen LogP contribution is -2.14. The predicted molar refractivity (Wildman–Crippen MR) is 125 cm³/mol. The molecule has 0 aliphatic carbocycles. The molecule has 0 aliphatic heterocycles. The highest BCUT2D eigenvalue weighted by Crippen LogP contribution is 2.24. The van der Waals surface area contributed by atoms with Gasteiger partial charge in [-0.3, -0.25) is 4.79 Å². The second kappa shape index (κ2) is 13.5. The Morgan fingerprint density at radius 3 is 2.46 bits per heavy atom. The molecule has 0 atom stereocenters. The second-order valence-electron chi connectivity index (χ2n) is 6.53. The van der Waals surface area contributed by atoms with Gasteiger partial charge in [0.25, 0.3) is 5.91 Å². The van der Waals surface area contributed by atoms with Crippen molar-refractivity contribution in [2.75, 3.05) is 28.1 Å². The molecule has 0 saturated carbocycles. The van der Waals surface area contributed by atoms with E-state index in [9.17, 15) is 4.79 Å². The summed E-state index contributed by atoms with van der Waals surface area (Å²) in [4.78, 5) is 13.9. The molecule has 0 fully saturated rings. The van der Waals surface area contributed by atoms with Crippen molar-refractivity contribution < 1.29 is 4.79 Å². The highest BCUT2D eigenvalue weighted by atomic mass is 32.2. The zero-order valence-corrected chi connectivity index (χ0v) is 18.2. The van der Waals surface area contributed by atoms with Crippen LogP contribution in [0.25, 0.3) is 0 Å². The van der Waals surface area contributed by atoms with Crippen molar-refractivity contribution in [3.8, 4) is 0 Å². The van der Waals surface area contributed by atoms with Gasteiger partial charge in [0.15, 0.2) is 0 Å². The van der Waals surface area contributed by atoms with Crippen molar-refractivity contribution >= 4 is 41.0 Å². The largest absolute Gasteiger partial charge is 0.330 e. The Morgan fingerprint density at radius 1 is 0.964 bits per heavy atom. The fraction of sp³-hybridized carbons (Fsp3) is 0.409. The molecule has 0 radical (unpaired) electrons. The number of benzene rings is 2. The first-order chi connectivity index (χ1) is 13.7. The van der Waals surface area contributed by atoms with Crippen LogP contribution in [0.15, 0.2) is 53.4 Å². The first kappa shape index (κ1) is 22.7. The smallest absolute Gasteiger partial charge is 0.257 e. The standard InChI is InChI=1S/C22H31N3OS2/c1-2-3-4-5-8-16-27-19-13-11-18(12-14-19)24-22(26)20-9-6-7-10-21(20)25-28-17-15-23/h6-7,9-14,25H,2-5,8,15-17,23H2,1H3,(H,24,26). The number of nitrogens with two attached hydrogens (primary N) is 1. The predicted octanol–water partition coefficient (Wildman–Crippen LogP) is 6.02. The molecule has 2 aromatic carbocycles. The Morgan fingerprint density at radius 2 is 1.71 bits per heavy atom. The van der Waals surface area contributed by atoms with Crippen LogP contribution >= 0.6 is 23.7 Å². The molecule has 0 heterocycles. The monoisotopic (exact) mass is 417 g/mol. The molecule has 4 nitrogen and oxygen atoms in total. The topological polar surface area (TPSA) is 67.2 Å². The van der Waals surface area contributed by atoms with Crippen molar-refractivity contribution in [1.29, 1.82) is 0 Å². The van der Waals surface area contributed by atoms with Crippen LogP contribution in [0.2, 0.25) is 0 Å². The average Bonchev–Trinajstić information content (AvgIpc) is 2.72. The SMILES string of the molecule is CCCCCCCSc1ccc(NC(=O)c2ccccc2NSCCN)cc1. The maximum absolute atomic E-state index is 12.7. The zero-order chi connectivity index (χ0) is 20.0. The van der Waals surface area contributed by atoms with Crippen molar-refractivity contribution in [3.63, 3.8) is 0 Å². The normalized spacial score (nSPS) is 10.6. The van der Waals surface area contributed by atoms with Gasteiger partial charge in [0, 0.05) is 22.9 Å². The minimum Gasteiger partial charge on any atom is -0.330 e. The molecule has 0 aliphatic rings. The van der Waals surface area contributed by atoms with Crippen molar-refractivity contribution in [3.05, 3.63) is 54.1 Å². The summed E-state index contributed by atoms with van der Waals surface area (Å²) in [7, 11) is 0. The van der Waals surface area contributed by atoms with E-state index < -0.39 is 0 Å². The molecule has 2 rings (SSSR count). The molecule has 4 N–H and O–H groups in total. The van der Waals surface area contributed by atoms with Crippen LogP contribution in [0.4, 0.5) is 11.4 Å². The summed E-state index contributed by atoms with van der Waals surface area (Å²) < 4.78 is 3.20. The molecule has 0 spiro atoms. The van der Waals surface area contributed by atoms with Gasteiger partial charge in [0.05, 0.1) is 11.3 Å². The summed E-state index contributed by atoms with van der Waals surface area (Å²) >= 11 is 3.38. The number of unbranched alkanes of at least 4 members (excludes halogenated alkanes) is 4. The number of para-hydroxylation sites is 1. The van der Waals surface area contributed by atoms with E-state index in [0.29, 0.717) is 12.1 Å². The zero-order valence-electron chi connectivity index (χ0n) is 16.6. The third kappa shape index (κ3) is 8.17. The van der Waals surface area contributed by atoms with Gasteiger partial charge in [-0.25, -0.2) is 0 Å². The first-order valence-electron chi connectivity index (χ1n) is 9.95. The summed E-state index contributed by atoms with van der Waals surface area (Å²) in [5, 5.41) is 2.98. The van der Waals surface area contributed by atoms with Crippen LogP contribution in [0.5, 0.6) is 0 Å². The van der Waals surface area contributed by atoms with Gasteiger partial charge in [-0.05, 0) is 48.6 Å². The van der Waals surface area contributed by atoms with Crippen LogP contribution in [-0.2, 0) is 0 Å². The molecular weight excluding hydrogens is 386 g/mol. The minimum absolute atomic E-state index is 0.118. The fourth-order valence-corrected chi connectivity index (χ4v) is 4.15. The van der Waals surface area contributed by atoms with E-state index in [0.717, 1.165) is 22.9 Å². The van der Waals surface area contributed by atoms with Crippen molar-refractivity contribution in [1.82, 2.24) is 0 Å². The first-order valence-corrected chi connectivity index (χ1v) is 11.9. The van der Waals surface area contributed by atoms with E-state index in [2.05, 4.69) is 29.1 Å². The molecule has 0 saturated heterocycles. The lowest BCUT2D eigenvalue weighted by atomic mass is 10.1. The molecule has 0 aromatic heterocycles. The van der Waals surface area contributed by atoms with Gasteiger partial charge in [-0.15, -0.1) is 11.8 Å². The molecule has 2 aromatic rings. The number of nitrogens with one attached hydrogen (secondary N) is 2. The number of thioether (sulfide) groups is 1. The van der Waals surface area contributed by atoms with Crippen LogP contribution in [-0.4, -0.2) is 24.0 Å². The summed E-state index contributed by atoms with van der Waals surface area (Å²) in [5.74, 6) is 1.82. The highest BCUT2D eigenvalue weighted by molar-refractivity contribution is 8.00. The van der Waals surface area contributed by atoms with E-state index in [1.807, 2.05) is 48.2 Å². The van der Waals surface area contributed by atoms with E-state index in [1.54, 1.807) is 0 Å². The number of hydrogen-bond donors (Lipinski definition) is 3. The second-order valence-corrected chi connectivity index (χ2v) is 8.60. The molecule has 152 valence electrons. The molecule has 1 amide bonds. The summed E-state index contributed by atoms with van der Waals surface area (Å²) in [6, 6.07) is 15.6. The molecule has 0 unspecified atom stereocenters. The van der Waals surface area contributed by atoms with E-state index in [4.69, 9.17) is 5.73 Å². The van der Waals surface area contributed by atoms with Crippen LogP contribution in [0.3, 0.4) is 0 Å². The number of carbonyl (C=O) groups excluding carboxylic acids is 1. The Hall–Kier alpha value is -1.63. The van der Waals surface area contributed by atoms with Gasteiger partial charge in [0.1, 0.15) is 0 Å². The summed E-state index contributed by atoms with van der Waals surface area (Å²) in [6.07, 6.45) is 6.53. The number of carbonyl (C=O) groups is 1. The van der Waals surface area contributed by atoms with Crippen molar-refractivity contribution in [2.24, 2.45) is 5.73 Å². The third-order valence-electron chi connectivity index (χ3n) is 4.20. The Kier molecular flexibility index (Phi) is 10.9. The number of hydrogen-bond acceptors (Lipinski definition) is 5. The summed E-state index contributed by atoms with van der Waals surface area (Å²) in [5.41, 5.74) is 7.75. The lowest BCUT2D eigenvalue weighted by Gasteiger charge is -2.11. The van der Waals surface area contributed by atoms with E-state index >= 15 is 0 Å². The molecule has 6 heteroatoms. The highest BCUT2D eigenvalue weighted by Gasteiger charge is 2.11. The molecular formula is C22H31N3OS2. The molecule has 0 bridgehead atoms. The van der Waals surface area contributed by atoms with Gasteiger partial charge >= 0.3 is 0 Å². The average molecular weight is 418 g/mol. The number of anilines is 2. The Balaban J connectivity index is 1.84. The lowest BCUT2D eigenvalue weighted by molar-refractivity contribution is 0.102. The van der Waals surface area contributed by atoms with Gasteiger partial charge in [0.2, 0.25) is 0 Å². The van der Waals surface area contributed by atoms with E-state index in [1.165, 1.54) is 48.9 Å². The van der Waals surface area contributed by atoms with Crippen LogP contribution in [0.1, 0.15) is 49.4 Å². The maximum Gasteiger partial charge on any atom is 0.257 e. The molecule has 28 heavy (non-hydrogen) atoms. The van der Waals surface area contributed by atoms with Gasteiger partial charge in [-0.1, -0.05) is 56.7 Å². The van der Waals surface area contributed by atoms with Gasteiger partial charge in [-0.2, -0.15) is 0 Å². The van der Waals surface area contributed by atoms with E-state index in [-0.39, 0.29) is 5.91 Å². The van der Waals surface area contributed by atoms with Crippen molar-refractivity contribution in [2.45, 2.75) is 43.9 Å². The summed E-state index contributed by atoms with van der Waals surface area (Å²) in [6.45, 7) is 2.83. The fourth-order valence-electron chi connectivity index (χ4n) is 2.69. The Labute approximate surface area is 177 Å². The number of rotatable bonds is 13. The van der Waals surface area contributed by atoms with Gasteiger partial charge < -0.3 is 15.8 Å². The third-order valence-corrected chi connectivity index (χ3v) is 6.10. The number of amides is 1. The van der Waals surface area contributed by atoms with Crippen LogP contribution in [0, 0.1) is 0 Å². The Bertz CT molecular complexity index is 707.